The number of phenols is 1. The van der Waals surface area contributed by atoms with E-state index in [-0.39, 0.29) is 15.5 Å². The van der Waals surface area contributed by atoms with E-state index in [1.807, 2.05) is 30.3 Å². The third-order valence-electron chi connectivity index (χ3n) is 4.12. The molecule has 0 radical (unpaired) electrons. The highest BCUT2D eigenvalue weighted by Gasteiger charge is 2.17. The van der Waals surface area contributed by atoms with Crippen LogP contribution in [-0.4, -0.2) is 20.1 Å². The third-order valence-corrected chi connectivity index (χ3v) is 5.89. The molecule has 0 aliphatic rings. The molecule has 3 aromatic rings. The first kappa shape index (κ1) is 18.2. The fourth-order valence-corrected chi connectivity index (χ4v) is 3.98. The van der Waals surface area contributed by atoms with E-state index in [2.05, 4.69) is 17.4 Å². The average Bonchev–Trinajstić information content (AvgIpc) is 2.66. The Kier molecular flexibility index (Phi) is 5.71. The molecule has 2 N–H and O–H groups in total. The van der Waals surface area contributed by atoms with Crippen LogP contribution in [0.2, 0.25) is 0 Å². The first-order chi connectivity index (χ1) is 12.6. The Morgan fingerprint density at radius 2 is 1.50 bits per heavy atom. The largest absolute Gasteiger partial charge is 0.508 e. The average molecular weight is 367 g/mol. The Morgan fingerprint density at radius 3 is 2.19 bits per heavy atom. The van der Waals surface area contributed by atoms with Crippen molar-refractivity contribution in [3.63, 3.8) is 0 Å². The van der Waals surface area contributed by atoms with Crippen LogP contribution in [0.5, 0.6) is 5.75 Å². The number of phenolic OH excluding ortho intramolecular Hbond substituents is 1. The molecule has 3 rings (SSSR count). The first-order valence-electron chi connectivity index (χ1n) is 8.43. The summed E-state index contributed by atoms with van der Waals surface area (Å²) in [7, 11) is -3.62. The quantitative estimate of drug-likeness (QED) is 0.627. The second-order valence-corrected chi connectivity index (χ2v) is 8.01. The summed E-state index contributed by atoms with van der Waals surface area (Å²) in [5.41, 5.74) is 2.31. The lowest BCUT2D eigenvalue weighted by molar-refractivity contribution is 0.473. The molecule has 26 heavy (non-hydrogen) atoms. The summed E-state index contributed by atoms with van der Waals surface area (Å²) < 4.78 is 25.2. The molecule has 0 spiro atoms. The fraction of sp³-hybridized carbons (Fsp3) is 0.143. The zero-order valence-electron chi connectivity index (χ0n) is 14.3. The minimum atomic E-state index is -3.62. The van der Waals surface area contributed by atoms with Crippen LogP contribution in [0.1, 0.15) is 11.1 Å². The van der Waals surface area contributed by atoms with Crippen LogP contribution in [0.4, 0.5) is 0 Å². The van der Waals surface area contributed by atoms with Gasteiger partial charge in [0.05, 0.1) is 9.79 Å². The number of hydrogen-bond donors (Lipinski definition) is 2. The Hall–Kier alpha value is -2.63. The number of sulfone groups is 1. The van der Waals surface area contributed by atoms with E-state index in [1.165, 1.54) is 29.8 Å². The predicted molar refractivity (Wildman–Crippen MR) is 102 cm³/mol. The second kappa shape index (κ2) is 8.17. The second-order valence-electron chi connectivity index (χ2n) is 6.06. The smallest absolute Gasteiger partial charge is 0.206 e. The van der Waals surface area contributed by atoms with Gasteiger partial charge in [0.1, 0.15) is 5.75 Å². The van der Waals surface area contributed by atoms with Gasteiger partial charge in [-0.2, -0.15) is 0 Å². The molecule has 0 amide bonds. The maximum atomic E-state index is 12.6. The van der Waals surface area contributed by atoms with Crippen molar-refractivity contribution in [1.29, 1.82) is 0 Å². The van der Waals surface area contributed by atoms with E-state index in [0.717, 1.165) is 25.1 Å². The highest BCUT2D eigenvalue weighted by Crippen LogP contribution is 2.24. The van der Waals surface area contributed by atoms with Crippen LogP contribution < -0.4 is 5.32 Å². The van der Waals surface area contributed by atoms with Gasteiger partial charge < -0.3 is 10.4 Å². The maximum Gasteiger partial charge on any atom is 0.206 e. The maximum absolute atomic E-state index is 12.6. The van der Waals surface area contributed by atoms with Gasteiger partial charge in [0, 0.05) is 6.54 Å². The predicted octanol–water partition coefficient (Wildman–Crippen LogP) is 3.56. The van der Waals surface area contributed by atoms with Gasteiger partial charge in [-0.05, 0) is 54.4 Å². The molecule has 0 fully saturated rings. The Balaban J connectivity index is 1.59. The lowest BCUT2D eigenvalue weighted by Gasteiger charge is -2.08. The van der Waals surface area contributed by atoms with Gasteiger partial charge in [0.2, 0.25) is 9.84 Å². The summed E-state index contributed by atoms with van der Waals surface area (Å²) in [6, 6.07) is 22.8. The molecule has 0 aliphatic heterocycles. The van der Waals surface area contributed by atoms with Crippen molar-refractivity contribution in [2.75, 3.05) is 6.54 Å². The normalized spacial score (nSPS) is 11.4. The van der Waals surface area contributed by atoms with E-state index in [9.17, 15) is 13.5 Å². The third kappa shape index (κ3) is 4.50. The van der Waals surface area contributed by atoms with E-state index in [1.54, 1.807) is 12.1 Å². The number of hydrogen-bond acceptors (Lipinski definition) is 4. The van der Waals surface area contributed by atoms with Crippen LogP contribution in [0.25, 0.3) is 0 Å². The molecule has 0 heterocycles. The standard InChI is InChI=1S/C21H21NO3S/c23-19-7-4-8-21(15-19)26(24,25)20-11-9-17(10-12-20)13-14-22-16-18-5-2-1-3-6-18/h1-12,15,22-23H,13-14,16H2. The Labute approximate surface area is 154 Å². The van der Waals surface area contributed by atoms with Gasteiger partial charge >= 0.3 is 0 Å². The summed E-state index contributed by atoms with van der Waals surface area (Å²) in [5, 5.41) is 12.9. The van der Waals surface area contributed by atoms with Gasteiger partial charge in [0.25, 0.3) is 0 Å². The molecule has 134 valence electrons. The zero-order chi connectivity index (χ0) is 18.4. The van der Waals surface area contributed by atoms with Crippen LogP contribution in [0.3, 0.4) is 0 Å². The minimum Gasteiger partial charge on any atom is -0.508 e. The van der Waals surface area contributed by atoms with Crippen molar-refractivity contribution in [3.05, 3.63) is 90.0 Å². The van der Waals surface area contributed by atoms with Gasteiger partial charge in [-0.3, -0.25) is 0 Å². The molecule has 0 atom stereocenters. The summed E-state index contributed by atoms with van der Waals surface area (Å²) in [4.78, 5) is 0.318. The summed E-state index contributed by atoms with van der Waals surface area (Å²) >= 11 is 0. The van der Waals surface area contributed by atoms with Crippen molar-refractivity contribution in [2.45, 2.75) is 22.8 Å². The molecule has 4 nitrogen and oxygen atoms in total. The monoisotopic (exact) mass is 367 g/mol. The summed E-state index contributed by atoms with van der Waals surface area (Å²) in [6.45, 7) is 1.62. The number of benzene rings is 3. The van der Waals surface area contributed by atoms with Crippen molar-refractivity contribution in [2.24, 2.45) is 0 Å². The number of nitrogens with one attached hydrogen (secondary N) is 1. The Morgan fingerprint density at radius 1 is 0.769 bits per heavy atom. The van der Waals surface area contributed by atoms with Crippen molar-refractivity contribution in [3.8, 4) is 5.75 Å². The molecule has 3 aromatic carbocycles. The molecule has 5 heteroatoms. The van der Waals surface area contributed by atoms with Crippen LogP contribution in [0.15, 0.2) is 88.7 Å². The number of aromatic hydroxyl groups is 1. The zero-order valence-corrected chi connectivity index (χ0v) is 15.1. The van der Waals surface area contributed by atoms with E-state index < -0.39 is 9.84 Å². The van der Waals surface area contributed by atoms with Gasteiger partial charge in [-0.25, -0.2) is 8.42 Å². The topological polar surface area (TPSA) is 66.4 Å². The van der Waals surface area contributed by atoms with Gasteiger partial charge in [0.15, 0.2) is 0 Å². The van der Waals surface area contributed by atoms with Crippen LogP contribution in [0, 0.1) is 0 Å². The number of rotatable bonds is 7. The minimum absolute atomic E-state index is 0.0628. The van der Waals surface area contributed by atoms with Crippen LogP contribution >= 0.6 is 0 Å². The molecule has 0 unspecified atom stereocenters. The van der Waals surface area contributed by atoms with E-state index in [4.69, 9.17) is 0 Å². The van der Waals surface area contributed by atoms with Gasteiger partial charge in [-0.1, -0.05) is 48.5 Å². The summed E-state index contributed by atoms with van der Waals surface area (Å²) in [6.07, 6.45) is 0.819. The van der Waals surface area contributed by atoms with E-state index in [0.29, 0.717) is 0 Å². The van der Waals surface area contributed by atoms with E-state index >= 15 is 0 Å². The lowest BCUT2D eigenvalue weighted by atomic mass is 10.1. The first-order valence-corrected chi connectivity index (χ1v) is 9.92. The molecule has 0 saturated heterocycles. The molecular formula is C21H21NO3S. The van der Waals surface area contributed by atoms with Crippen LogP contribution in [-0.2, 0) is 22.8 Å². The summed E-state index contributed by atoms with van der Waals surface area (Å²) in [5.74, 6) is -0.0628. The molecular weight excluding hydrogens is 346 g/mol. The molecule has 0 saturated carbocycles. The molecule has 0 bridgehead atoms. The highest BCUT2D eigenvalue weighted by atomic mass is 32.2. The SMILES string of the molecule is O=S(=O)(c1ccc(CCNCc2ccccc2)cc1)c1cccc(O)c1. The van der Waals surface area contributed by atoms with Crippen molar-refractivity contribution in [1.82, 2.24) is 5.32 Å². The van der Waals surface area contributed by atoms with Crippen molar-refractivity contribution < 1.29 is 13.5 Å². The lowest BCUT2D eigenvalue weighted by Crippen LogP contribution is -2.16. The van der Waals surface area contributed by atoms with Crippen molar-refractivity contribution >= 4 is 9.84 Å². The molecule has 0 aromatic heterocycles. The fourth-order valence-electron chi connectivity index (χ4n) is 2.68. The van der Waals surface area contributed by atoms with Gasteiger partial charge in [-0.15, -0.1) is 0 Å². The highest BCUT2D eigenvalue weighted by molar-refractivity contribution is 7.91. The Bertz CT molecular complexity index is 952. The molecule has 0 aliphatic carbocycles.